The van der Waals surface area contributed by atoms with E-state index in [9.17, 15) is 23.9 Å². The SMILES string of the molecule is C=CC1(C)C[C@@H](OC(=O)COC(=O)/C=C/c2ccccc2F)[C@@]2(C)[C@@H]3C(=O)CCC3(CC[C@@H]2C)[C@@H](C)[C@@H]1O. The number of esters is 2. The molecule has 7 heteroatoms. The Morgan fingerprint density at radius 3 is 2.61 bits per heavy atom. The highest BCUT2D eigenvalue weighted by molar-refractivity contribution is 5.88. The zero-order chi connectivity index (χ0) is 27.9. The largest absolute Gasteiger partial charge is 0.459 e. The van der Waals surface area contributed by atoms with Crippen molar-refractivity contribution < 1.29 is 33.4 Å². The van der Waals surface area contributed by atoms with Gasteiger partial charge in [-0.05, 0) is 55.1 Å². The molecule has 0 heterocycles. The number of hydrogen-bond acceptors (Lipinski definition) is 6. The van der Waals surface area contributed by atoms with Gasteiger partial charge in [-0.15, -0.1) is 6.58 Å². The lowest BCUT2D eigenvalue weighted by Crippen LogP contribution is -2.63. The highest BCUT2D eigenvalue weighted by Crippen LogP contribution is 2.67. The first kappa shape index (κ1) is 28.2. The third-order valence-corrected chi connectivity index (χ3v) is 10.2. The minimum absolute atomic E-state index is 0.100. The second kappa shape index (κ2) is 10.4. The molecule has 0 aromatic heterocycles. The van der Waals surface area contributed by atoms with Gasteiger partial charge in [0.05, 0.1) is 6.10 Å². The van der Waals surface area contributed by atoms with Gasteiger partial charge in [0, 0.05) is 34.8 Å². The normalized spacial score (nSPS) is 38.7. The van der Waals surface area contributed by atoms with Gasteiger partial charge in [0.15, 0.2) is 6.61 Å². The molecule has 4 rings (SSSR count). The molecule has 0 saturated heterocycles. The molecule has 3 fully saturated rings. The number of ketones is 1. The minimum atomic E-state index is -0.801. The smallest absolute Gasteiger partial charge is 0.344 e. The molecule has 38 heavy (non-hydrogen) atoms. The number of aliphatic hydroxyl groups excluding tert-OH is 1. The van der Waals surface area contributed by atoms with E-state index < -0.39 is 47.4 Å². The van der Waals surface area contributed by atoms with Crippen LogP contribution in [0, 0.1) is 39.8 Å². The maximum atomic E-state index is 13.8. The van der Waals surface area contributed by atoms with Gasteiger partial charge in [0.25, 0.3) is 0 Å². The van der Waals surface area contributed by atoms with Crippen molar-refractivity contribution in [3.8, 4) is 0 Å². The molecule has 8 atom stereocenters. The Bertz CT molecular complexity index is 1140. The van der Waals surface area contributed by atoms with Crippen LogP contribution < -0.4 is 0 Å². The molecule has 206 valence electrons. The van der Waals surface area contributed by atoms with Gasteiger partial charge < -0.3 is 14.6 Å². The molecule has 1 aromatic rings. The summed E-state index contributed by atoms with van der Waals surface area (Å²) in [5.74, 6) is -2.18. The van der Waals surface area contributed by atoms with Crippen molar-refractivity contribution in [2.24, 2.45) is 34.0 Å². The van der Waals surface area contributed by atoms with E-state index in [0.29, 0.717) is 12.8 Å². The molecular weight excluding hydrogens is 487 g/mol. The zero-order valence-corrected chi connectivity index (χ0v) is 22.7. The Balaban J connectivity index is 1.57. The Morgan fingerprint density at radius 1 is 1.21 bits per heavy atom. The molecule has 2 unspecified atom stereocenters. The topological polar surface area (TPSA) is 89.9 Å². The molecule has 0 aliphatic heterocycles. The summed E-state index contributed by atoms with van der Waals surface area (Å²) in [6, 6.07) is 5.99. The maximum absolute atomic E-state index is 13.8. The molecule has 1 aromatic carbocycles. The molecule has 1 N–H and O–H groups in total. The fourth-order valence-corrected chi connectivity index (χ4v) is 7.64. The Kier molecular flexibility index (Phi) is 7.72. The predicted octanol–water partition coefficient (Wildman–Crippen LogP) is 5.29. The minimum Gasteiger partial charge on any atom is -0.459 e. The highest BCUT2D eigenvalue weighted by Gasteiger charge is 2.68. The van der Waals surface area contributed by atoms with Gasteiger partial charge in [-0.2, -0.15) is 0 Å². The van der Waals surface area contributed by atoms with E-state index in [1.54, 1.807) is 18.2 Å². The van der Waals surface area contributed by atoms with E-state index >= 15 is 0 Å². The number of benzene rings is 1. The van der Waals surface area contributed by atoms with Gasteiger partial charge in [0.1, 0.15) is 17.7 Å². The molecule has 0 radical (unpaired) electrons. The molecule has 0 spiro atoms. The molecule has 3 saturated carbocycles. The first-order chi connectivity index (χ1) is 17.9. The summed E-state index contributed by atoms with van der Waals surface area (Å²) in [7, 11) is 0. The summed E-state index contributed by atoms with van der Waals surface area (Å²) < 4.78 is 24.9. The molecule has 3 aliphatic rings. The number of carbonyl (C=O) groups is 3. The van der Waals surface area contributed by atoms with E-state index in [1.807, 2.05) is 6.92 Å². The van der Waals surface area contributed by atoms with Crippen LogP contribution in [0.5, 0.6) is 0 Å². The third kappa shape index (κ3) is 4.63. The average Bonchev–Trinajstić information content (AvgIpc) is 3.25. The van der Waals surface area contributed by atoms with Crippen LogP contribution in [0.1, 0.15) is 65.4 Å². The maximum Gasteiger partial charge on any atom is 0.344 e. The van der Waals surface area contributed by atoms with Crippen LogP contribution in [0.15, 0.2) is 43.0 Å². The average molecular weight is 527 g/mol. The number of halogens is 1. The number of Topliss-reactive ketones (excluding diaryl/α,β-unsaturated/α-hetero) is 1. The lowest BCUT2D eigenvalue weighted by molar-refractivity contribution is -0.208. The summed E-state index contributed by atoms with van der Waals surface area (Å²) in [6.45, 7) is 11.5. The van der Waals surface area contributed by atoms with Crippen molar-refractivity contribution in [2.45, 2.75) is 72.0 Å². The van der Waals surface area contributed by atoms with Crippen LogP contribution in [0.3, 0.4) is 0 Å². The number of aliphatic hydroxyl groups is 1. The zero-order valence-electron chi connectivity index (χ0n) is 22.7. The van der Waals surface area contributed by atoms with Crippen LogP contribution in [0.2, 0.25) is 0 Å². The van der Waals surface area contributed by atoms with E-state index in [2.05, 4.69) is 27.4 Å². The number of ether oxygens (including phenoxy) is 2. The third-order valence-electron chi connectivity index (χ3n) is 10.2. The molecule has 2 bridgehead atoms. The van der Waals surface area contributed by atoms with Gasteiger partial charge in [-0.25, -0.2) is 14.0 Å². The molecular formula is C31H39FO6. The highest BCUT2D eigenvalue weighted by atomic mass is 19.1. The van der Waals surface area contributed by atoms with Crippen LogP contribution in [-0.4, -0.2) is 41.6 Å². The van der Waals surface area contributed by atoms with Crippen molar-refractivity contribution in [3.63, 3.8) is 0 Å². The van der Waals surface area contributed by atoms with E-state index in [-0.39, 0.29) is 34.5 Å². The summed E-state index contributed by atoms with van der Waals surface area (Å²) in [5, 5.41) is 11.6. The fraction of sp³-hybridized carbons (Fsp3) is 0.581. The monoisotopic (exact) mass is 526 g/mol. The van der Waals surface area contributed by atoms with Gasteiger partial charge in [-0.1, -0.05) is 52.0 Å². The van der Waals surface area contributed by atoms with Crippen LogP contribution >= 0.6 is 0 Å². The van der Waals surface area contributed by atoms with Crippen molar-refractivity contribution in [1.82, 2.24) is 0 Å². The summed E-state index contributed by atoms with van der Waals surface area (Å²) in [4.78, 5) is 38.6. The second-order valence-corrected chi connectivity index (χ2v) is 12.0. The molecule has 6 nitrogen and oxygen atoms in total. The number of carbonyl (C=O) groups excluding carboxylic acids is 3. The summed E-state index contributed by atoms with van der Waals surface area (Å²) in [6.07, 6.45) is 5.83. The molecule has 0 amide bonds. The fourth-order valence-electron chi connectivity index (χ4n) is 7.64. The van der Waals surface area contributed by atoms with Crippen LogP contribution in [0.4, 0.5) is 4.39 Å². The Hall–Kier alpha value is -2.80. The van der Waals surface area contributed by atoms with Gasteiger partial charge >= 0.3 is 11.9 Å². The number of rotatable bonds is 6. The summed E-state index contributed by atoms with van der Waals surface area (Å²) >= 11 is 0. The second-order valence-electron chi connectivity index (χ2n) is 12.0. The Labute approximate surface area is 224 Å². The van der Waals surface area contributed by atoms with Gasteiger partial charge in [-0.3, -0.25) is 4.79 Å². The molecule has 3 aliphatic carbocycles. The van der Waals surface area contributed by atoms with Crippen molar-refractivity contribution in [2.75, 3.05) is 6.61 Å². The first-order valence-corrected chi connectivity index (χ1v) is 13.5. The lowest BCUT2D eigenvalue weighted by atomic mass is 9.44. The van der Waals surface area contributed by atoms with Crippen LogP contribution in [0.25, 0.3) is 6.08 Å². The van der Waals surface area contributed by atoms with E-state index in [4.69, 9.17) is 9.47 Å². The predicted molar refractivity (Wildman–Crippen MR) is 141 cm³/mol. The van der Waals surface area contributed by atoms with E-state index in [0.717, 1.165) is 25.3 Å². The van der Waals surface area contributed by atoms with E-state index in [1.165, 1.54) is 18.2 Å². The standard InChI is InChI=1S/C31H39FO6/c1-6-29(4)17-24(38-26(35)18-37-25(34)12-11-21-9-7-8-10-22(21)32)30(5)19(2)13-15-31(20(3)28(29)36)16-14-23(33)27(30)31/h6-12,19-20,24,27-28,36H,1,13-18H2,2-5H3/b12-11+/t19-,20-,24+,27-,28-,29?,30-,31?/m0/s1. The van der Waals surface area contributed by atoms with Crippen molar-refractivity contribution >= 4 is 23.8 Å². The van der Waals surface area contributed by atoms with Crippen molar-refractivity contribution in [1.29, 1.82) is 0 Å². The van der Waals surface area contributed by atoms with Crippen LogP contribution in [-0.2, 0) is 23.9 Å². The quantitative estimate of drug-likeness (QED) is 0.308. The summed E-state index contributed by atoms with van der Waals surface area (Å²) in [5.41, 5.74) is -1.53. The lowest BCUT2D eigenvalue weighted by Gasteiger charge is -2.61. The number of hydrogen-bond donors (Lipinski definition) is 1. The first-order valence-electron chi connectivity index (χ1n) is 13.5. The van der Waals surface area contributed by atoms with Gasteiger partial charge in [0.2, 0.25) is 0 Å². The van der Waals surface area contributed by atoms with Crippen molar-refractivity contribution in [3.05, 3.63) is 54.4 Å². The Morgan fingerprint density at radius 2 is 1.92 bits per heavy atom.